The third-order valence-electron chi connectivity index (χ3n) is 2.68. The average Bonchev–Trinajstić information content (AvgIpc) is 2.88. The first-order chi connectivity index (χ1) is 9.22. The zero-order valence-corrected chi connectivity index (χ0v) is 9.72. The molecule has 0 aliphatic rings. The Kier molecular flexibility index (Phi) is 2.68. The maximum atomic E-state index is 12.8. The third kappa shape index (κ3) is 2.28. The lowest BCUT2D eigenvalue weighted by molar-refractivity contribution is 0.102. The number of amides is 1. The van der Waals surface area contributed by atoms with Crippen LogP contribution in [0, 0.1) is 5.82 Å². The molecule has 5 nitrogen and oxygen atoms in total. The van der Waals surface area contributed by atoms with Crippen LogP contribution < -0.4 is 5.32 Å². The number of halogens is 1. The van der Waals surface area contributed by atoms with E-state index in [0.717, 1.165) is 0 Å². The normalized spacial score (nSPS) is 10.6. The van der Waals surface area contributed by atoms with Gasteiger partial charge in [0.25, 0.3) is 5.91 Å². The van der Waals surface area contributed by atoms with E-state index in [2.05, 4.69) is 20.7 Å². The Morgan fingerprint density at radius 1 is 1.05 bits per heavy atom. The zero-order chi connectivity index (χ0) is 13.2. The molecule has 0 atom stereocenters. The molecule has 94 valence electrons. The van der Waals surface area contributed by atoms with Gasteiger partial charge in [0.2, 0.25) is 0 Å². The summed E-state index contributed by atoms with van der Waals surface area (Å²) in [6, 6.07) is 10.6. The molecule has 0 bridgehead atoms. The number of hydrogen-bond acceptors (Lipinski definition) is 3. The minimum absolute atomic E-state index is 0.281. The second kappa shape index (κ2) is 4.49. The van der Waals surface area contributed by atoms with E-state index in [-0.39, 0.29) is 11.7 Å². The smallest absolute Gasteiger partial charge is 0.255 e. The molecule has 0 saturated heterocycles. The van der Waals surface area contributed by atoms with Crippen molar-refractivity contribution in [2.24, 2.45) is 0 Å². The molecule has 1 heterocycles. The number of nitrogens with one attached hydrogen (secondary N) is 2. The molecule has 2 aromatic carbocycles. The molecule has 6 heteroatoms. The number of anilines is 1. The lowest BCUT2D eigenvalue weighted by Crippen LogP contribution is -2.11. The molecule has 0 fully saturated rings. The fraction of sp³-hybridized carbons (Fsp3) is 0. The molecule has 0 aliphatic carbocycles. The van der Waals surface area contributed by atoms with Crippen LogP contribution in [-0.2, 0) is 0 Å². The molecule has 0 spiro atoms. The van der Waals surface area contributed by atoms with E-state index in [1.54, 1.807) is 18.2 Å². The minimum atomic E-state index is -0.345. The number of hydrogen-bond donors (Lipinski definition) is 2. The molecule has 0 saturated carbocycles. The van der Waals surface area contributed by atoms with E-state index in [1.807, 2.05) is 0 Å². The summed E-state index contributed by atoms with van der Waals surface area (Å²) in [6.07, 6.45) is 0. The summed E-state index contributed by atoms with van der Waals surface area (Å²) in [5.41, 5.74) is 2.31. The van der Waals surface area contributed by atoms with Crippen LogP contribution in [0.25, 0.3) is 11.0 Å². The Morgan fingerprint density at radius 2 is 1.79 bits per heavy atom. The monoisotopic (exact) mass is 256 g/mol. The van der Waals surface area contributed by atoms with Crippen LogP contribution in [0.4, 0.5) is 10.1 Å². The van der Waals surface area contributed by atoms with Crippen LogP contribution in [0.15, 0.2) is 42.5 Å². The van der Waals surface area contributed by atoms with E-state index >= 15 is 0 Å². The van der Waals surface area contributed by atoms with Gasteiger partial charge in [-0.15, -0.1) is 0 Å². The summed E-state index contributed by atoms with van der Waals surface area (Å²) in [7, 11) is 0. The molecular weight excluding hydrogens is 247 g/mol. The fourth-order valence-electron chi connectivity index (χ4n) is 1.72. The van der Waals surface area contributed by atoms with Gasteiger partial charge in [-0.3, -0.25) is 4.79 Å². The Morgan fingerprint density at radius 3 is 2.58 bits per heavy atom. The van der Waals surface area contributed by atoms with Crippen LogP contribution in [0.5, 0.6) is 0 Å². The number of H-pyrrole nitrogens is 1. The highest BCUT2D eigenvalue weighted by molar-refractivity contribution is 6.05. The van der Waals surface area contributed by atoms with E-state index < -0.39 is 0 Å². The van der Waals surface area contributed by atoms with Crippen LogP contribution in [0.1, 0.15) is 10.4 Å². The molecule has 0 aliphatic heterocycles. The predicted octanol–water partition coefficient (Wildman–Crippen LogP) is 2.35. The van der Waals surface area contributed by atoms with E-state index in [4.69, 9.17) is 0 Å². The third-order valence-corrected chi connectivity index (χ3v) is 2.68. The van der Waals surface area contributed by atoms with Gasteiger partial charge in [0.15, 0.2) is 0 Å². The number of aromatic amines is 1. The number of benzene rings is 2. The second-order valence-electron chi connectivity index (χ2n) is 3.99. The highest BCUT2D eigenvalue weighted by atomic mass is 19.1. The molecule has 2 N–H and O–H groups in total. The first kappa shape index (κ1) is 11.3. The summed E-state index contributed by atoms with van der Waals surface area (Å²) in [4.78, 5) is 12.0. The highest BCUT2D eigenvalue weighted by Gasteiger charge is 2.08. The molecule has 19 heavy (non-hydrogen) atoms. The SMILES string of the molecule is O=C(Nc1ccc(F)cc1)c1ccc2n[nH]nc2c1. The number of carbonyl (C=O) groups is 1. The summed E-state index contributed by atoms with van der Waals surface area (Å²) < 4.78 is 12.8. The number of carbonyl (C=O) groups excluding carboxylic acids is 1. The van der Waals surface area contributed by atoms with Gasteiger partial charge in [0.05, 0.1) is 0 Å². The minimum Gasteiger partial charge on any atom is -0.322 e. The van der Waals surface area contributed by atoms with Gasteiger partial charge in [-0.05, 0) is 42.5 Å². The molecular formula is C13H9FN4O. The quantitative estimate of drug-likeness (QED) is 0.739. The van der Waals surface area contributed by atoms with Crippen LogP contribution in [0.3, 0.4) is 0 Å². The summed E-state index contributed by atoms with van der Waals surface area (Å²) in [6.45, 7) is 0. The van der Waals surface area contributed by atoms with E-state index in [0.29, 0.717) is 22.3 Å². The summed E-state index contributed by atoms with van der Waals surface area (Å²) >= 11 is 0. The Hall–Kier alpha value is -2.76. The van der Waals surface area contributed by atoms with Crippen molar-refractivity contribution in [3.8, 4) is 0 Å². The lowest BCUT2D eigenvalue weighted by Gasteiger charge is -2.04. The fourth-order valence-corrected chi connectivity index (χ4v) is 1.72. The molecule has 0 radical (unpaired) electrons. The second-order valence-corrected chi connectivity index (χ2v) is 3.99. The standard InChI is InChI=1S/C13H9FN4O/c14-9-2-4-10(5-3-9)15-13(19)8-1-6-11-12(7-8)17-18-16-11/h1-7H,(H,15,19)(H,16,17,18). The highest BCUT2D eigenvalue weighted by Crippen LogP contribution is 2.14. The average molecular weight is 256 g/mol. The van der Waals surface area contributed by atoms with Crippen LogP contribution >= 0.6 is 0 Å². The van der Waals surface area contributed by atoms with Crippen molar-refractivity contribution in [1.29, 1.82) is 0 Å². The topological polar surface area (TPSA) is 70.7 Å². The maximum Gasteiger partial charge on any atom is 0.255 e. The number of rotatable bonds is 2. The van der Waals surface area contributed by atoms with Gasteiger partial charge in [-0.25, -0.2) is 4.39 Å². The van der Waals surface area contributed by atoms with Crippen molar-refractivity contribution in [3.05, 3.63) is 53.8 Å². The van der Waals surface area contributed by atoms with Gasteiger partial charge < -0.3 is 5.32 Å². The zero-order valence-electron chi connectivity index (χ0n) is 9.72. The Labute approximate surface area is 107 Å². The van der Waals surface area contributed by atoms with E-state index in [9.17, 15) is 9.18 Å². The van der Waals surface area contributed by atoms with Crippen molar-refractivity contribution in [1.82, 2.24) is 15.4 Å². The van der Waals surface area contributed by atoms with E-state index in [1.165, 1.54) is 24.3 Å². The van der Waals surface area contributed by atoms with Gasteiger partial charge in [0, 0.05) is 11.3 Å². The number of aromatic nitrogens is 3. The molecule has 0 unspecified atom stereocenters. The number of fused-ring (bicyclic) bond motifs is 1. The predicted molar refractivity (Wildman–Crippen MR) is 68.2 cm³/mol. The first-order valence-corrected chi connectivity index (χ1v) is 5.60. The Bertz CT molecular complexity index is 736. The van der Waals surface area contributed by atoms with Crippen molar-refractivity contribution in [2.75, 3.05) is 5.32 Å². The van der Waals surface area contributed by atoms with Gasteiger partial charge in [-0.1, -0.05) is 0 Å². The summed E-state index contributed by atoms with van der Waals surface area (Å²) in [5, 5.41) is 13.0. The van der Waals surface area contributed by atoms with Crippen molar-refractivity contribution in [3.63, 3.8) is 0 Å². The van der Waals surface area contributed by atoms with Gasteiger partial charge in [-0.2, -0.15) is 15.4 Å². The maximum absolute atomic E-state index is 12.8. The molecule has 1 amide bonds. The van der Waals surface area contributed by atoms with Gasteiger partial charge >= 0.3 is 0 Å². The largest absolute Gasteiger partial charge is 0.322 e. The van der Waals surface area contributed by atoms with Crippen molar-refractivity contribution < 1.29 is 9.18 Å². The number of nitrogens with zero attached hydrogens (tertiary/aromatic N) is 2. The molecule has 3 aromatic rings. The first-order valence-electron chi connectivity index (χ1n) is 5.60. The molecule has 1 aromatic heterocycles. The van der Waals surface area contributed by atoms with Crippen LogP contribution in [0.2, 0.25) is 0 Å². The van der Waals surface area contributed by atoms with Crippen molar-refractivity contribution >= 4 is 22.6 Å². The van der Waals surface area contributed by atoms with Crippen LogP contribution in [-0.4, -0.2) is 21.3 Å². The van der Waals surface area contributed by atoms with Gasteiger partial charge in [0.1, 0.15) is 16.9 Å². The van der Waals surface area contributed by atoms with Crippen molar-refractivity contribution in [2.45, 2.75) is 0 Å². The Balaban J connectivity index is 1.84. The summed E-state index contributed by atoms with van der Waals surface area (Å²) in [5.74, 6) is -0.626. The lowest BCUT2D eigenvalue weighted by atomic mass is 10.2. The molecule has 3 rings (SSSR count).